The molecule has 0 saturated heterocycles. The molecule has 0 aromatic heterocycles. The molecule has 0 aliphatic heterocycles. The maximum Gasteiger partial charge on any atom is 0.339 e. The van der Waals surface area contributed by atoms with Crippen molar-refractivity contribution >= 4 is 29.8 Å². The van der Waals surface area contributed by atoms with E-state index >= 15 is 0 Å². The molecule has 1 aromatic rings. The van der Waals surface area contributed by atoms with E-state index < -0.39 is 48.3 Å². The van der Waals surface area contributed by atoms with Gasteiger partial charge in [-0.05, 0) is 45.7 Å². The first-order valence-electron chi connectivity index (χ1n) is 13.2. The van der Waals surface area contributed by atoms with Gasteiger partial charge in [-0.1, -0.05) is 38.8 Å². The number of rotatable bonds is 16. The summed E-state index contributed by atoms with van der Waals surface area (Å²) in [6.07, 6.45) is 2.22. The Balaban J connectivity index is 0.000000742. The molecule has 1 N–H and O–H groups in total. The van der Waals surface area contributed by atoms with E-state index in [2.05, 4.69) is 14.2 Å². The van der Waals surface area contributed by atoms with E-state index in [0.717, 1.165) is 25.7 Å². The van der Waals surface area contributed by atoms with Crippen LogP contribution in [0, 0.1) is 0 Å². The molecule has 0 fully saturated rings. The van der Waals surface area contributed by atoms with Crippen LogP contribution in [0.5, 0.6) is 0 Å². The molecular formula is C28H42O11. The second kappa shape index (κ2) is 20.5. The van der Waals surface area contributed by atoms with Gasteiger partial charge < -0.3 is 28.8 Å². The number of carbonyl (C=O) groups excluding carboxylic acids is 5. The van der Waals surface area contributed by atoms with Gasteiger partial charge in [-0.2, -0.15) is 0 Å². The summed E-state index contributed by atoms with van der Waals surface area (Å²) in [6.45, 7) is 9.75. The van der Waals surface area contributed by atoms with Crippen molar-refractivity contribution < 1.29 is 52.8 Å². The van der Waals surface area contributed by atoms with Crippen molar-refractivity contribution in [2.45, 2.75) is 78.7 Å². The Bertz CT molecular complexity index is 850. The minimum absolute atomic E-state index is 0.0206. The number of esters is 5. The Labute approximate surface area is 230 Å². The van der Waals surface area contributed by atoms with Crippen molar-refractivity contribution in [3.63, 3.8) is 0 Å². The number of benzene rings is 1. The van der Waals surface area contributed by atoms with E-state index in [1.807, 2.05) is 13.8 Å². The molecule has 0 unspecified atom stereocenters. The lowest BCUT2D eigenvalue weighted by molar-refractivity contribution is -0.177. The lowest BCUT2D eigenvalue weighted by Gasteiger charge is -2.23. The summed E-state index contributed by atoms with van der Waals surface area (Å²) in [7, 11) is 0. The number of carbonyl (C=O) groups is 5. The summed E-state index contributed by atoms with van der Waals surface area (Å²) in [5.74, 6) is -3.57. The molecule has 11 nitrogen and oxygen atoms in total. The van der Waals surface area contributed by atoms with Crippen LogP contribution >= 0.6 is 0 Å². The summed E-state index contributed by atoms with van der Waals surface area (Å²) < 4.78 is 24.2. The largest absolute Gasteiger partial charge is 0.466 e. The first-order valence-corrected chi connectivity index (χ1v) is 13.2. The van der Waals surface area contributed by atoms with E-state index in [1.54, 1.807) is 45.0 Å². The van der Waals surface area contributed by atoms with Crippen LogP contribution in [-0.4, -0.2) is 73.6 Å². The molecule has 0 amide bonds. The number of hydrogen-bond acceptors (Lipinski definition) is 11. The van der Waals surface area contributed by atoms with Crippen molar-refractivity contribution in [1.82, 2.24) is 0 Å². The van der Waals surface area contributed by atoms with Crippen LogP contribution in [0.15, 0.2) is 24.3 Å². The van der Waals surface area contributed by atoms with E-state index in [4.69, 9.17) is 9.47 Å². The Kier molecular flexibility index (Phi) is 18.7. The molecule has 0 atom stereocenters. The predicted molar refractivity (Wildman–Crippen MR) is 141 cm³/mol. The summed E-state index contributed by atoms with van der Waals surface area (Å²) in [5.41, 5.74) is -1.72. The van der Waals surface area contributed by atoms with Gasteiger partial charge in [-0.25, -0.2) is 14.4 Å². The molecule has 0 aliphatic rings. The van der Waals surface area contributed by atoms with Gasteiger partial charge in [0.15, 0.2) is 5.60 Å². The van der Waals surface area contributed by atoms with Crippen molar-refractivity contribution in [3.8, 4) is 0 Å². The van der Waals surface area contributed by atoms with Crippen LogP contribution in [0.25, 0.3) is 0 Å². The standard InChI is InChI=1S/C16H22O4.C12H20O7/c1-3-5-11-19-15(17)13-9-7-8-10-14(13)16(18)20-12-6-4-2;1-4-17-9(13)7-12(16,11(15)19-6-3)8-10(14)18-5-2/h7-10H,3-6,11-12H2,1-2H3;16H,4-8H2,1-3H3. The van der Waals surface area contributed by atoms with Gasteiger partial charge in [0.2, 0.25) is 0 Å². The fourth-order valence-electron chi connectivity index (χ4n) is 2.99. The van der Waals surface area contributed by atoms with E-state index in [9.17, 15) is 29.1 Å². The Hall–Kier alpha value is -3.47. The van der Waals surface area contributed by atoms with Crippen molar-refractivity contribution in [2.24, 2.45) is 0 Å². The monoisotopic (exact) mass is 554 g/mol. The molecule has 1 rings (SSSR count). The van der Waals surface area contributed by atoms with Gasteiger partial charge in [-0.3, -0.25) is 9.59 Å². The lowest BCUT2D eigenvalue weighted by Crippen LogP contribution is -2.44. The van der Waals surface area contributed by atoms with Crippen LogP contribution in [-0.2, 0) is 38.1 Å². The Morgan fingerprint density at radius 1 is 0.641 bits per heavy atom. The van der Waals surface area contributed by atoms with Crippen LogP contribution in [0.1, 0.15) is 93.9 Å². The Morgan fingerprint density at radius 3 is 1.36 bits per heavy atom. The molecule has 220 valence electrons. The van der Waals surface area contributed by atoms with Gasteiger partial charge in [0.25, 0.3) is 0 Å². The zero-order valence-corrected chi connectivity index (χ0v) is 23.6. The average molecular weight is 555 g/mol. The van der Waals surface area contributed by atoms with Crippen LogP contribution < -0.4 is 0 Å². The molecule has 0 spiro atoms. The third-order valence-corrected chi connectivity index (χ3v) is 4.97. The highest BCUT2D eigenvalue weighted by molar-refractivity contribution is 6.03. The molecular weight excluding hydrogens is 512 g/mol. The number of aliphatic hydroxyl groups is 1. The van der Waals surface area contributed by atoms with Gasteiger partial charge in [0.05, 0.1) is 57.0 Å². The quantitative estimate of drug-likeness (QED) is 0.180. The molecule has 0 heterocycles. The molecule has 11 heteroatoms. The van der Waals surface area contributed by atoms with Crippen LogP contribution in [0.3, 0.4) is 0 Å². The Morgan fingerprint density at radius 2 is 1.03 bits per heavy atom. The van der Waals surface area contributed by atoms with Crippen LogP contribution in [0.2, 0.25) is 0 Å². The van der Waals surface area contributed by atoms with E-state index in [0.29, 0.717) is 13.2 Å². The minimum atomic E-state index is -2.26. The first-order chi connectivity index (χ1) is 18.6. The summed E-state index contributed by atoms with van der Waals surface area (Å²) in [5, 5.41) is 10.1. The van der Waals surface area contributed by atoms with E-state index in [-0.39, 0.29) is 30.9 Å². The second-order valence-corrected chi connectivity index (χ2v) is 8.24. The zero-order chi connectivity index (χ0) is 29.7. The molecule has 0 radical (unpaired) electrons. The van der Waals surface area contributed by atoms with Crippen molar-refractivity contribution in [1.29, 1.82) is 0 Å². The summed E-state index contributed by atoms with van der Waals surface area (Å²) >= 11 is 0. The van der Waals surface area contributed by atoms with Gasteiger partial charge in [-0.15, -0.1) is 0 Å². The minimum Gasteiger partial charge on any atom is -0.466 e. The van der Waals surface area contributed by atoms with Crippen molar-refractivity contribution in [3.05, 3.63) is 35.4 Å². The van der Waals surface area contributed by atoms with Crippen molar-refractivity contribution in [2.75, 3.05) is 33.0 Å². The molecule has 0 saturated carbocycles. The fraction of sp³-hybridized carbons (Fsp3) is 0.607. The lowest BCUT2D eigenvalue weighted by atomic mass is 9.95. The third-order valence-electron chi connectivity index (χ3n) is 4.97. The van der Waals surface area contributed by atoms with Gasteiger partial charge in [0.1, 0.15) is 0 Å². The molecule has 39 heavy (non-hydrogen) atoms. The maximum atomic E-state index is 11.9. The summed E-state index contributed by atoms with van der Waals surface area (Å²) in [6, 6.07) is 6.59. The van der Waals surface area contributed by atoms with E-state index in [1.165, 1.54) is 0 Å². The highest BCUT2D eigenvalue weighted by Crippen LogP contribution is 2.20. The molecule has 0 bridgehead atoms. The molecule has 1 aromatic carbocycles. The number of hydrogen-bond donors (Lipinski definition) is 1. The number of unbranched alkanes of at least 4 members (excludes halogenated alkanes) is 2. The molecule has 0 aliphatic carbocycles. The van der Waals surface area contributed by atoms with Crippen LogP contribution in [0.4, 0.5) is 0 Å². The predicted octanol–water partition coefficient (Wildman–Crippen LogP) is 3.79. The smallest absolute Gasteiger partial charge is 0.339 e. The normalized spacial score (nSPS) is 10.4. The van der Waals surface area contributed by atoms with Gasteiger partial charge >= 0.3 is 29.8 Å². The maximum absolute atomic E-state index is 11.9. The SMILES string of the molecule is CCCCOC(=O)c1ccccc1C(=O)OCCCC.CCOC(=O)CC(O)(CC(=O)OCC)C(=O)OCC. The summed E-state index contributed by atoms with van der Waals surface area (Å²) in [4.78, 5) is 58.3. The third kappa shape index (κ3) is 14.3. The first kappa shape index (κ1) is 35.5. The fourth-order valence-corrected chi connectivity index (χ4v) is 2.99. The average Bonchev–Trinajstić information content (AvgIpc) is 2.89. The number of ether oxygens (including phenoxy) is 5. The topological polar surface area (TPSA) is 152 Å². The highest BCUT2D eigenvalue weighted by Gasteiger charge is 2.43. The zero-order valence-electron chi connectivity index (χ0n) is 23.6. The second-order valence-electron chi connectivity index (χ2n) is 8.24. The van der Waals surface area contributed by atoms with Gasteiger partial charge in [0, 0.05) is 0 Å². The highest BCUT2D eigenvalue weighted by atomic mass is 16.6.